The van der Waals surface area contributed by atoms with Crippen LogP contribution in [0.4, 0.5) is 13.2 Å². The van der Waals surface area contributed by atoms with E-state index in [0.29, 0.717) is 16.3 Å². The lowest BCUT2D eigenvalue weighted by Crippen LogP contribution is -2.30. The highest BCUT2D eigenvalue weighted by Gasteiger charge is 2.30. The molecule has 1 amide bonds. The number of benzene rings is 3. The quantitative estimate of drug-likeness (QED) is 0.504. The number of nitrogens with zero attached hydrogens (tertiary/aromatic N) is 2. The predicted molar refractivity (Wildman–Crippen MR) is 114 cm³/mol. The molecule has 0 bridgehead atoms. The van der Waals surface area contributed by atoms with Crippen LogP contribution in [0.3, 0.4) is 0 Å². The fraction of sp³-hybridized carbons (Fsp3) is 0.125. The summed E-state index contributed by atoms with van der Waals surface area (Å²) in [6, 6.07) is 20.6. The van der Waals surface area contributed by atoms with Crippen molar-refractivity contribution in [2.24, 2.45) is 0 Å². The minimum atomic E-state index is -4.47. The molecule has 0 unspecified atom stereocenters. The van der Waals surface area contributed by atoms with Crippen LogP contribution in [-0.2, 0) is 19.3 Å². The summed E-state index contributed by atoms with van der Waals surface area (Å²) in [5.41, 5.74) is 0.0500. The number of carbonyl (C=O) groups excluding carboxylic acids is 1. The van der Waals surface area contributed by atoms with Gasteiger partial charge in [-0.25, -0.2) is 4.68 Å². The second-order valence-corrected chi connectivity index (χ2v) is 7.22. The molecule has 162 valence electrons. The van der Waals surface area contributed by atoms with E-state index in [1.54, 1.807) is 24.3 Å². The van der Waals surface area contributed by atoms with Crippen molar-refractivity contribution in [2.75, 3.05) is 0 Å². The number of aromatic nitrogens is 2. The number of amides is 1. The second kappa shape index (κ2) is 8.66. The van der Waals surface area contributed by atoms with E-state index in [2.05, 4.69) is 10.4 Å². The topological polar surface area (TPSA) is 64.0 Å². The minimum absolute atomic E-state index is 0.0307. The lowest BCUT2D eigenvalue weighted by Gasteiger charge is -2.12. The summed E-state index contributed by atoms with van der Waals surface area (Å²) in [4.78, 5) is 25.8. The molecule has 4 rings (SSSR count). The van der Waals surface area contributed by atoms with Crippen molar-refractivity contribution < 1.29 is 18.0 Å². The van der Waals surface area contributed by atoms with Gasteiger partial charge in [-0.05, 0) is 29.3 Å². The Morgan fingerprint density at radius 3 is 2.25 bits per heavy atom. The van der Waals surface area contributed by atoms with Crippen molar-refractivity contribution in [3.05, 3.63) is 112 Å². The molecule has 0 aliphatic carbocycles. The third kappa shape index (κ3) is 4.54. The molecule has 32 heavy (non-hydrogen) atoms. The molecule has 0 spiro atoms. The maximum atomic E-state index is 12.9. The Labute approximate surface area is 181 Å². The van der Waals surface area contributed by atoms with Gasteiger partial charge in [0.05, 0.1) is 17.5 Å². The average molecular weight is 437 g/mol. The van der Waals surface area contributed by atoms with E-state index in [-0.39, 0.29) is 24.3 Å². The number of rotatable bonds is 5. The normalized spacial score (nSPS) is 11.5. The first kappa shape index (κ1) is 21.3. The van der Waals surface area contributed by atoms with Crippen LogP contribution in [0, 0.1) is 0 Å². The summed E-state index contributed by atoms with van der Waals surface area (Å²) >= 11 is 0. The molecule has 4 aromatic rings. The third-order valence-electron chi connectivity index (χ3n) is 4.97. The van der Waals surface area contributed by atoms with Crippen LogP contribution >= 0.6 is 0 Å². The molecule has 0 radical (unpaired) electrons. The molecule has 8 heteroatoms. The number of alkyl halides is 3. The molecule has 1 N–H and O–H groups in total. The van der Waals surface area contributed by atoms with Gasteiger partial charge in [0.2, 0.25) is 0 Å². The number of halogens is 3. The molecule has 5 nitrogen and oxygen atoms in total. The zero-order valence-corrected chi connectivity index (χ0v) is 16.8. The number of fused-ring (bicyclic) bond motifs is 1. The van der Waals surface area contributed by atoms with Gasteiger partial charge in [0.25, 0.3) is 11.5 Å². The fourth-order valence-electron chi connectivity index (χ4n) is 3.39. The van der Waals surface area contributed by atoms with Gasteiger partial charge in [-0.1, -0.05) is 60.7 Å². The molecule has 1 heterocycles. The van der Waals surface area contributed by atoms with Crippen LogP contribution in [0.2, 0.25) is 0 Å². The number of carbonyl (C=O) groups is 1. The zero-order chi connectivity index (χ0) is 22.7. The van der Waals surface area contributed by atoms with Gasteiger partial charge in [-0.2, -0.15) is 18.3 Å². The molecule has 3 aromatic carbocycles. The Hall–Kier alpha value is -3.94. The summed E-state index contributed by atoms with van der Waals surface area (Å²) in [6.07, 6.45) is -4.47. The molecule has 0 aliphatic heterocycles. The van der Waals surface area contributed by atoms with E-state index >= 15 is 0 Å². The Morgan fingerprint density at radius 1 is 0.875 bits per heavy atom. The van der Waals surface area contributed by atoms with Gasteiger partial charge in [0.15, 0.2) is 5.69 Å². The second-order valence-electron chi connectivity index (χ2n) is 7.22. The van der Waals surface area contributed by atoms with Crippen molar-refractivity contribution in [1.29, 1.82) is 0 Å². The van der Waals surface area contributed by atoms with Gasteiger partial charge >= 0.3 is 6.18 Å². The number of hydrogen-bond acceptors (Lipinski definition) is 3. The number of nitrogens with one attached hydrogen (secondary N) is 1. The lowest BCUT2D eigenvalue weighted by atomic mass is 10.1. The van der Waals surface area contributed by atoms with Crippen molar-refractivity contribution in [1.82, 2.24) is 15.1 Å². The molecule has 0 saturated carbocycles. The van der Waals surface area contributed by atoms with E-state index in [0.717, 1.165) is 17.7 Å². The molecular formula is C24H18F3N3O2. The van der Waals surface area contributed by atoms with Crippen LogP contribution in [0.5, 0.6) is 0 Å². The monoisotopic (exact) mass is 437 g/mol. The van der Waals surface area contributed by atoms with Crippen LogP contribution in [0.15, 0.2) is 83.7 Å². The maximum Gasteiger partial charge on any atom is 0.416 e. The zero-order valence-electron chi connectivity index (χ0n) is 16.8. The van der Waals surface area contributed by atoms with Crippen molar-refractivity contribution >= 4 is 16.7 Å². The van der Waals surface area contributed by atoms with Crippen molar-refractivity contribution in [3.8, 4) is 0 Å². The molecule has 1 aromatic heterocycles. The van der Waals surface area contributed by atoms with E-state index in [1.807, 2.05) is 30.3 Å². The SMILES string of the molecule is O=C(NCc1cccc(C(F)(F)F)c1)c1nn(Cc2ccccc2)c(=O)c2ccccc12. The van der Waals surface area contributed by atoms with Crippen LogP contribution in [0.25, 0.3) is 10.8 Å². The summed E-state index contributed by atoms with van der Waals surface area (Å²) in [6.45, 7) is 0.0645. The molecular weight excluding hydrogens is 419 g/mol. The minimum Gasteiger partial charge on any atom is -0.347 e. The fourth-order valence-corrected chi connectivity index (χ4v) is 3.39. The molecule has 0 aliphatic rings. The summed E-state index contributed by atoms with van der Waals surface area (Å²) in [5, 5.41) is 7.60. The van der Waals surface area contributed by atoms with Crippen LogP contribution in [0.1, 0.15) is 27.2 Å². The molecule has 0 atom stereocenters. The standard InChI is InChI=1S/C24H18F3N3O2/c25-24(26,27)18-10-6-9-17(13-18)14-28-22(31)21-19-11-4-5-12-20(19)23(32)30(29-21)15-16-7-2-1-3-8-16/h1-13H,14-15H2,(H,28,31). The Kier molecular flexibility index (Phi) is 5.77. The van der Waals surface area contributed by atoms with Gasteiger partial charge in [0.1, 0.15) is 0 Å². The van der Waals surface area contributed by atoms with Gasteiger partial charge in [-0.15, -0.1) is 0 Å². The highest BCUT2D eigenvalue weighted by atomic mass is 19.4. The number of hydrogen-bond donors (Lipinski definition) is 1. The largest absolute Gasteiger partial charge is 0.416 e. The van der Waals surface area contributed by atoms with Gasteiger partial charge < -0.3 is 5.32 Å². The Morgan fingerprint density at radius 2 is 1.53 bits per heavy atom. The van der Waals surface area contributed by atoms with E-state index in [4.69, 9.17) is 0 Å². The van der Waals surface area contributed by atoms with E-state index in [9.17, 15) is 22.8 Å². The average Bonchev–Trinajstić information content (AvgIpc) is 2.80. The van der Waals surface area contributed by atoms with Gasteiger partial charge in [-0.3, -0.25) is 9.59 Å². The molecule has 0 saturated heterocycles. The lowest BCUT2D eigenvalue weighted by molar-refractivity contribution is -0.137. The first-order valence-corrected chi connectivity index (χ1v) is 9.81. The summed E-state index contributed by atoms with van der Waals surface area (Å²) < 4.78 is 40.0. The summed E-state index contributed by atoms with van der Waals surface area (Å²) in [7, 11) is 0. The third-order valence-corrected chi connectivity index (χ3v) is 4.97. The smallest absolute Gasteiger partial charge is 0.347 e. The highest BCUT2D eigenvalue weighted by Crippen LogP contribution is 2.29. The van der Waals surface area contributed by atoms with Crippen LogP contribution in [-0.4, -0.2) is 15.7 Å². The molecule has 0 fully saturated rings. The van der Waals surface area contributed by atoms with Crippen molar-refractivity contribution in [3.63, 3.8) is 0 Å². The van der Waals surface area contributed by atoms with E-state index in [1.165, 1.54) is 16.8 Å². The Balaban J connectivity index is 1.65. The highest BCUT2D eigenvalue weighted by molar-refractivity contribution is 6.04. The van der Waals surface area contributed by atoms with E-state index < -0.39 is 17.6 Å². The Bertz CT molecular complexity index is 1330. The van der Waals surface area contributed by atoms with Gasteiger partial charge in [0, 0.05) is 11.9 Å². The maximum absolute atomic E-state index is 12.9. The predicted octanol–water partition coefficient (Wildman–Crippen LogP) is 4.39. The first-order chi connectivity index (χ1) is 15.3. The van der Waals surface area contributed by atoms with Crippen LogP contribution < -0.4 is 10.9 Å². The summed E-state index contributed by atoms with van der Waals surface area (Å²) in [5.74, 6) is -0.583. The van der Waals surface area contributed by atoms with Crippen molar-refractivity contribution in [2.45, 2.75) is 19.3 Å². The first-order valence-electron chi connectivity index (χ1n) is 9.81.